The molecule has 0 saturated heterocycles. The van der Waals surface area contributed by atoms with Gasteiger partial charge in [-0.05, 0) is 18.3 Å². The van der Waals surface area contributed by atoms with E-state index in [1.54, 1.807) is 7.05 Å². The largest absolute Gasteiger partial charge is 0.359 e. The molecular formula is C10H23N3. The van der Waals surface area contributed by atoms with Crippen molar-refractivity contribution in [1.29, 1.82) is 0 Å². The van der Waals surface area contributed by atoms with E-state index in [0.717, 1.165) is 12.5 Å². The number of aliphatic imine (C=N–C) groups is 1. The minimum atomic E-state index is 0.435. The molecule has 0 amide bonds. The van der Waals surface area contributed by atoms with Crippen molar-refractivity contribution in [1.82, 2.24) is 10.6 Å². The Morgan fingerprint density at radius 2 is 1.92 bits per heavy atom. The maximum absolute atomic E-state index is 4.03. The maximum Gasteiger partial charge on any atom is 0.190 e. The molecule has 0 rings (SSSR count). The third-order valence-electron chi connectivity index (χ3n) is 1.86. The predicted molar refractivity (Wildman–Crippen MR) is 59.1 cm³/mol. The van der Waals surface area contributed by atoms with E-state index in [0.29, 0.717) is 5.41 Å². The third-order valence-corrected chi connectivity index (χ3v) is 1.86. The fourth-order valence-corrected chi connectivity index (χ4v) is 1.10. The summed E-state index contributed by atoms with van der Waals surface area (Å²) in [4.78, 5) is 4.03. The second kappa shape index (κ2) is 5.84. The summed E-state index contributed by atoms with van der Waals surface area (Å²) >= 11 is 0. The zero-order valence-electron chi connectivity index (χ0n) is 9.57. The molecule has 3 heteroatoms. The highest BCUT2D eigenvalue weighted by molar-refractivity contribution is 5.79. The zero-order chi connectivity index (χ0) is 10.3. The van der Waals surface area contributed by atoms with Gasteiger partial charge < -0.3 is 10.6 Å². The van der Waals surface area contributed by atoms with Gasteiger partial charge in [0, 0.05) is 20.6 Å². The van der Waals surface area contributed by atoms with Crippen LogP contribution >= 0.6 is 0 Å². The standard InChI is InChI=1S/C10H23N3/c1-10(2,3)7-6-8-13-9(11-4)12-5/h6-8H2,1-5H3,(H2,11,12,13). The van der Waals surface area contributed by atoms with Crippen LogP contribution in [0.25, 0.3) is 0 Å². The summed E-state index contributed by atoms with van der Waals surface area (Å²) in [5.41, 5.74) is 0.435. The van der Waals surface area contributed by atoms with Crippen LogP contribution in [0.5, 0.6) is 0 Å². The molecule has 0 heterocycles. The molecule has 0 fully saturated rings. The van der Waals surface area contributed by atoms with Crippen LogP contribution in [0.15, 0.2) is 4.99 Å². The van der Waals surface area contributed by atoms with Gasteiger partial charge in [0.1, 0.15) is 0 Å². The van der Waals surface area contributed by atoms with Crippen molar-refractivity contribution >= 4 is 5.96 Å². The van der Waals surface area contributed by atoms with Gasteiger partial charge in [-0.25, -0.2) is 0 Å². The minimum absolute atomic E-state index is 0.435. The van der Waals surface area contributed by atoms with Crippen molar-refractivity contribution in [3.05, 3.63) is 0 Å². The van der Waals surface area contributed by atoms with Crippen LogP contribution in [0.1, 0.15) is 33.6 Å². The molecule has 0 atom stereocenters. The first-order valence-electron chi connectivity index (χ1n) is 4.88. The second-order valence-corrected chi connectivity index (χ2v) is 4.41. The Morgan fingerprint density at radius 1 is 1.31 bits per heavy atom. The van der Waals surface area contributed by atoms with E-state index in [4.69, 9.17) is 0 Å². The van der Waals surface area contributed by atoms with E-state index in [-0.39, 0.29) is 0 Å². The van der Waals surface area contributed by atoms with Gasteiger partial charge in [0.15, 0.2) is 5.96 Å². The summed E-state index contributed by atoms with van der Waals surface area (Å²) in [6, 6.07) is 0. The Bertz CT molecular complexity index is 156. The molecule has 0 saturated carbocycles. The normalized spacial score (nSPS) is 12.8. The summed E-state index contributed by atoms with van der Waals surface area (Å²) in [5, 5.41) is 6.22. The van der Waals surface area contributed by atoms with Gasteiger partial charge in [0.05, 0.1) is 0 Å². The maximum atomic E-state index is 4.03. The van der Waals surface area contributed by atoms with Crippen molar-refractivity contribution < 1.29 is 0 Å². The second-order valence-electron chi connectivity index (χ2n) is 4.41. The van der Waals surface area contributed by atoms with Crippen LogP contribution in [0.4, 0.5) is 0 Å². The Kier molecular flexibility index (Phi) is 5.51. The average molecular weight is 185 g/mol. The predicted octanol–water partition coefficient (Wildman–Crippen LogP) is 1.61. The molecule has 0 aromatic carbocycles. The number of nitrogens with zero attached hydrogens (tertiary/aromatic N) is 1. The molecule has 0 aliphatic heterocycles. The van der Waals surface area contributed by atoms with Crippen LogP contribution in [0, 0.1) is 5.41 Å². The summed E-state index contributed by atoms with van der Waals surface area (Å²) in [7, 11) is 3.65. The number of hydrogen-bond acceptors (Lipinski definition) is 1. The fraction of sp³-hybridized carbons (Fsp3) is 0.900. The van der Waals surface area contributed by atoms with E-state index >= 15 is 0 Å². The molecule has 0 unspecified atom stereocenters. The molecule has 0 bridgehead atoms. The van der Waals surface area contributed by atoms with Crippen LogP contribution in [-0.4, -0.2) is 26.6 Å². The van der Waals surface area contributed by atoms with E-state index in [9.17, 15) is 0 Å². The Hall–Kier alpha value is -0.730. The number of guanidine groups is 1. The summed E-state index contributed by atoms with van der Waals surface area (Å²) in [5.74, 6) is 0.869. The molecule has 3 nitrogen and oxygen atoms in total. The van der Waals surface area contributed by atoms with Crippen LogP contribution in [-0.2, 0) is 0 Å². The number of hydrogen-bond donors (Lipinski definition) is 2. The van der Waals surface area contributed by atoms with E-state index < -0.39 is 0 Å². The van der Waals surface area contributed by atoms with Crippen molar-refractivity contribution in [2.45, 2.75) is 33.6 Å². The van der Waals surface area contributed by atoms with Gasteiger partial charge in [-0.15, -0.1) is 0 Å². The molecule has 0 spiro atoms. The van der Waals surface area contributed by atoms with Gasteiger partial charge in [0.2, 0.25) is 0 Å². The van der Waals surface area contributed by atoms with Crippen molar-refractivity contribution in [2.75, 3.05) is 20.6 Å². The first-order valence-corrected chi connectivity index (χ1v) is 4.88. The molecule has 0 radical (unpaired) electrons. The van der Waals surface area contributed by atoms with Gasteiger partial charge in [-0.1, -0.05) is 20.8 Å². The zero-order valence-corrected chi connectivity index (χ0v) is 9.57. The molecule has 0 aliphatic rings. The van der Waals surface area contributed by atoms with Gasteiger partial charge in [-0.3, -0.25) is 4.99 Å². The van der Waals surface area contributed by atoms with Crippen LogP contribution in [0.3, 0.4) is 0 Å². The first kappa shape index (κ1) is 12.3. The lowest BCUT2D eigenvalue weighted by Crippen LogP contribution is -2.35. The summed E-state index contributed by atoms with van der Waals surface area (Å²) in [6.07, 6.45) is 2.42. The number of nitrogens with one attached hydrogen (secondary N) is 2. The lowest BCUT2D eigenvalue weighted by molar-refractivity contribution is 0.365. The third kappa shape index (κ3) is 7.62. The molecule has 0 aliphatic carbocycles. The highest BCUT2D eigenvalue weighted by atomic mass is 15.1. The van der Waals surface area contributed by atoms with Crippen LogP contribution in [0.2, 0.25) is 0 Å². The Labute approximate surface area is 82.0 Å². The molecular weight excluding hydrogens is 162 g/mol. The molecule has 0 aromatic rings. The lowest BCUT2D eigenvalue weighted by Gasteiger charge is -2.18. The first-order chi connectivity index (χ1) is 5.99. The van der Waals surface area contributed by atoms with Crippen LogP contribution < -0.4 is 10.6 Å². The molecule has 13 heavy (non-hydrogen) atoms. The molecule has 0 aromatic heterocycles. The van der Waals surface area contributed by atoms with Gasteiger partial charge >= 0.3 is 0 Å². The fourth-order valence-electron chi connectivity index (χ4n) is 1.10. The summed E-state index contributed by atoms with van der Waals surface area (Å²) in [6.45, 7) is 7.78. The van der Waals surface area contributed by atoms with Gasteiger partial charge in [0.25, 0.3) is 0 Å². The van der Waals surface area contributed by atoms with Crippen molar-refractivity contribution in [3.63, 3.8) is 0 Å². The van der Waals surface area contributed by atoms with Crippen molar-refractivity contribution in [2.24, 2.45) is 10.4 Å². The smallest absolute Gasteiger partial charge is 0.190 e. The van der Waals surface area contributed by atoms with E-state index in [1.807, 2.05) is 7.05 Å². The van der Waals surface area contributed by atoms with Crippen molar-refractivity contribution in [3.8, 4) is 0 Å². The SMILES string of the molecule is CN=C(NC)NCCCC(C)(C)C. The topological polar surface area (TPSA) is 36.4 Å². The average Bonchev–Trinajstić information content (AvgIpc) is 2.03. The number of rotatable bonds is 3. The Balaban J connectivity index is 3.46. The van der Waals surface area contributed by atoms with Gasteiger partial charge in [-0.2, -0.15) is 0 Å². The highest BCUT2D eigenvalue weighted by Crippen LogP contribution is 2.19. The van der Waals surface area contributed by atoms with E-state index in [2.05, 4.69) is 36.4 Å². The lowest BCUT2D eigenvalue weighted by atomic mass is 9.91. The highest BCUT2D eigenvalue weighted by Gasteiger charge is 2.08. The monoisotopic (exact) mass is 185 g/mol. The van der Waals surface area contributed by atoms with E-state index in [1.165, 1.54) is 12.8 Å². The summed E-state index contributed by atoms with van der Waals surface area (Å²) < 4.78 is 0. The molecule has 78 valence electrons. The quantitative estimate of drug-likeness (QED) is 0.398. The minimum Gasteiger partial charge on any atom is -0.359 e. The Morgan fingerprint density at radius 3 is 2.31 bits per heavy atom. The molecule has 2 N–H and O–H groups in total.